The Morgan fingerprint density at radius 1 is 1.10 bits per heavy atom. The molecular formula is C21H35ClN6O. The zero-order valence-electron chi connectivity index (χ0n) is 17.9. The van der Waals surface area contributed by atoms with Crippen LogP contribution in [0.2, 0.25) is 0 Å². The van der Waals surface area contributed by atoms with Crippen molar-refractivity contribution in [1.29, 1.82) is 0 Å². The second-order valence-electron chi connectivity index (χ2n) is 8.22. The topological polar surface area (TPSA) is 54.8 Å². The minimum atomic E-state index is 0.273. The van der Waals surface area contributed by atoms with Crippen molar-refractivity contribution in [2.24, 2.45) is 10.2 Å². The van der Waals surface area contributed by atoms with Crippen LogP contribution in [0, 0.1) is 0 Å². The summed E-state index contributed by atoms with van der Waals surface area (Å²) in [4.78, 5) is 22.0. The van der Waals surface area contributed by atoms with Gasteiger partial charge in [-0.25, -0.2) is 0 Å². The molecule has 0 aromatic rings. The molecule has 3 heterocycles. The van der Waals surface area contributed by atoms with Crippen LogP contribution >= 0.6 is 11.6 Å². The molecule has 0 aliphatic carbocycles. The highest BCUT2D eigenvalue weighted by Gasteiger charge is 2.25. The highest BCUT2D eigenvalue weighted by Crippen LogP contribution is 2.13. The zero-order chi connectivity index (χ0) is 20.6. The lowest BCUT2D eigenvalue weighted by atomic mass is 10.1. The first-order chi connectivity index (χ1) is 14.1. The number of amidine groups is 1. The first-order valence-electron chi connectivity index (χ1n) is 11.0. The van der Waals surface area contributed by atoms with Crippen LogP contribution in [-0.4, -0.2) is 101 Å². The van der Waals surface area contributed by atoms with Crippen LogP contribution < -0.4 is 0 Å². The summed E-state index contributed by atoms with van der Waals surface area (Å²) >= 11 is 5.92. The fourth-order valence-corrected chi connectivity index (χ4v) is 4.44. The quantitative estimate of drug-likeness (QED) is 0.681. The van der Waals surface area contributed by atoms with E-state index >= 15 is 0 Å². The number of amides is 1. The molecule has 7 nitrogen and oxygen atoms in total. The molecule has 162 valence electrons. The van der Waals surface area contributed by atoms with Crippen molar-refractivity contribution < 1.29 is 4.79 Å². The van der Waals surface area contributed by atoms with E-state index in [0.717, 1.165) is 71.0 Å². The molecule has 0 radical (unpaired) electrons. The van der Waals surface area contributed by atoms with E-state index in [9.17, 15) is 4.79 Å². The van der Waals surface area contributed by atoms with Gasteiger partial charge in [0.25, 0.3) is 0 Å². The Bertz CT molecular complexity index is 641. The number of carbonyl (C=O) groups excluding carboxylic acids is 1. The summed E-state index contributed by atoms with van der Waals surface area (Å²) in [7, 11) is 0. The van der Waals surface area contributed by atoms with Crippen molar-refractivity contribution in [2.75, 3.05) is 58.9 Å². The van der Waals surface area contributed by atoms with E-state index in [1.165, 1.54) is 12.8 Å². The smallest absolute Gasteiger partial charge is 0.236 e. The Morgan fingerprint density at radius 3 is 2.66 bits per heavy atom. The molecule has 0 aromatic heterocycles. The number of halogens is 1. The molecule has 8 heteroatoms. The molecule has 3 aliphatic rings. The number of rotatable bonds is 5. The summed E-state index contributed by atoms with van der Waals surface area (Å²) in [6, 6.07) is 0.615. The van der Waals surface area contributed by atoms with Crippen molar-refractivity contribution in [3.05, 3.63) is 12.2 Å². The summed E-state index contributed by atoms with van der Waals surface area (Å²) in [5.74, 6) is 1.23. The molecule has 0 saturated carbocycles. The molecule has 0 spiro atoms. The molecule has 2 saturated heterocycles. The number of allylic oxidation sites excluding steroid dienone is 1. The third-order valence-corrected chi connectivity index (χ3v) is 6.33. The van der Waals surface area contributed by atoms with Gasteiger partial charge in [-0.2, -0.15) is 0 Å². The largest absolute Gasteiger partial charge is 0.356 e. The van der Waals surface area contributed by atoms with Crippen LogP contribution in [0.15, 0.2) is 22.4 Å². The van der Waals surface area contributed by atoms with Crippen LogP contribution in [0.4, 0.5) is 0 Å². The molecule has 1 amide bonds. The Kier molecular flexibility index (Phi) is 8.51. The maximum Gasteiger partial charge on any atom is 0.236 e. The Labute approximate surface area is 180 Å². The fourth-order valence-electron chi connectivity index (χ4n) is 4.32. The summed E-state index contributed by atoms with van der Waals surface area (Å²) in [5.41, 5.74) is 0. The van der Waals surface area contributed by atoms with Gasteiger partial charge in [0.2, 0.25) is 5.91 Å². The number of hydrogen-bond acceptors (Lipinski definition) is 6. The Hall–Kier alpha value is -1.44. The molecule has 1 atom stereocenters. The standard InChI is InChI=1S/C21H35ClN6O/c1-3-6-18(2)26-9-5-10-28(16-15-26)21(29)17-25-11-13-27(14-12-25)20-8-4-7-19(22)23-24-20/h4,7,18H,3,5-6,8-17H2,1-2H3. The summed E-state index contributed by atoms with van der Waals surface area (Å²) in [5, 5.41) is 8.70. The molecular weight excluding hydrogens is 388 g/mol. The lowest BCUT2D eigenvalue weighted by Crippen LogP contribution is -2.51. The summed E-state index contributed by atoms with van der Waals surface area (Å²) < 4.78 is 0. The molecule has 29 heavy (non-hydrogen) atoms. The summed E-state index contributed by atoms with van der Waals surface area (Å²) in [6.45, 7) is 12.4. The van der Waals surface area contributed by atoms with Gasteiger partial charge in [0.15, 0.2) is 5.17 Å². The van der Waals surface area contributed by atoms with Gasteiger partial charge in [0, 0.05) is 64.8 Å². The number of hydrogen-bond donors (Lipinski definition) is 0. The van der Waals surface area contributed by atoms with E-state index in [2.05, 4.69) is 43.6 Å². The average Bonchev–Trinajstić information content (AvgIpc) is 3.09. The van der Waals surface area contributed by atoms with E-state index in [1.807, 2.05) is 6.08 Å². The van der Waals surface area contributed by atoms with Crippen LogP contribution in [-0.2, 0) is 4.79 Å². The molecule has 2 fully saturated rings. The van der Waals surface area contributed by atoms with E-state index in [4.69, 9.17) is 11.6 Å². The van der Waals surface area contributed by atoms with Gasteiger partial charge in [-0.15, -0.1) is 10.2 Å². The van der Waals surface area contributed by atoms with Crippen molar-refractivity contribution in [3.8, 4) is 0 Å². The van der Waals surface area contributed by atoms with Gasteiger partial charge in [-0.3, -0.25) is 14.6 Å². The van der Waals surface area contributed by atoms with Crippen LogP contribution in [0.3, 0.4) is 0 Å². The Morgan fingerprint density at radius 2 is 1.90 bits per heavy atom. The van der Waals surface area contributed by atoms with E-state index in [-0.39, 0.29) is 5.91 Å². The predicted molar refractivity (Wildman–Crippen MR) is 120 cm³/mol. The minimum Gasteiger partial charge on any atom is -0.356 e. The van der Waals surface area contributed by atoms with Gasteiger partial charge >= 0.3 is 0 Å². The van der Waals surface area contributed by atoms with Crippen molar-refractivity contribution >= 4 is 28.5 Å². The van der Waals surface area contributed by atoms with Crippen LogP contribution in [0.5, 0.6) is 0 Å². The second kappa shape index (κ2) is 11.1. The van der Waals surface area contributed by atoms with Crippen LogP contribution in [0.1, 0.15) is 39.5 Å². The monoisotopic (exact) mass is 422 g/mol. The molecule has 3 aliphatic heterocycles. The predicted octanol–water partition coefficient (Wildman–Crippen LogP) is 2.24. The molecule has 0 bridgehead atoms. The highest BCUT2D eigenvalue weighted by atomic mass is 35.5. The third kappa shape index (κ3) is 6.52. The maximum absolute atomic E-state index is 12.9. The lowest BCUT2D eigenvalue weighted by molar-refractivity contribution is -0.132. The van der Waals surface area contributed by atoms with Gasteiger partial charge in [-0.05, 0) is 25.8 Å². The molecule has 3 rings (SSSR count). The summed E-state index contributed by atoms with van der Waals surface area (Å²) in [6.07, 6.45) is 8.06. The number of piperazine rings is 1. The van der Waals surface area contributed by atoms with Gasteiger partial charge in [0.05, 0.1) is 6.54 Å². The molecule has 1 unspecified atom stereocenters. The normalized spacial score (nSPS) is 23.3. The molecule has 0 aromatic carbocycles. The maximum atomic E-state index is 12.9. The first kappa shape index (κ1) is 22.2. The number of carbonyl (C=O) groups is 1. The van der Waals surface area contributed by atoms with Gasteiger partial charge in [-0.1, -0.05) is 31.0 Å². The highest BCUT2D eigenvalue weighted by molar-refractivity contribution is 6.68. The van der Waals surface area contributed by atoms with E-state index in [0.29, 0.717) is 17.8 Å². The minimum absolute atomic E-state index is 0.273. The lowest BCUT2D eigenvalue weighted by Gasteiger charge is -2.36. The zero-order valence-corrected chi connectivity index (χ0v) is 18.6. The average molecular weight is 423 g/mol. The molecule has 0 N–H and O–H groups in total. The fraction of sp³-hybridized carbons (Fsp3) is 0.762. The Balaban J connectivity index is 1.43. The van der Waals surface area contributed by atoms with Gasteiger partial charge in [0.1, 0.15) is 5.84 Å². The van der Waals surface area contributed by atoms with Gasteiger partial charge < -0.3 is 9.80 Å². The SMILES string of the molecule is CCCC(C)N1CCCN(C(=O)CN2CCN(C3=NN=C(Cl)C=CC3)CC2)CC1. The van der Waals surface area contributed by atoms with Crippen molar-refractivity contribution in [1.82, 2.24) is 19.6 Å². The van der Waals surface area contributed by atoms with Crippen LogP contribution in [0.25, 0.3) is 0 Å². The van der Waals surface area contributed by atoms with Crippen molar-refractivity contribution in [2.45, 2.75) is 45.6 Å². The number of nitrogens with zero attached hydrogens (tertiary/aromatic N) is 6. The van der Waals surface area contributed by atoms with E-state index < -0.39 is 0 Å². The van der Waals surface area contributed by atoms with Crippen molar-refractivity contribution in [3.63, 3.8) is 0 Å². The second-order valence-corrected chi connectivity index (χ2v) is 8.60. The third-order valence-electron chi connectivity index (χ3n) is 6.13. The van der Waals surface area contributed by atoms with E-state index in [1.54, 1.807) is 6.08 Å². The first-order valence-corrected chi connectivity index (χ1v) is 11.4.